The van der Waals surface area contributed by atoms with Crippen LogP contribution in [0.15, 0.2) is 45.8 Å². The van der Waals surface area contributed by atoms with Gasteiger partial charge in [0.15, 0.2) is 5.82 Å². The Morgan fingerprint density at radius 1 is 1.25 bits per heavy atom. The minimum absolute atomic E-state index is 0.159. The number of ether oxygens (including phenoxy) is 2. The minimum atomic E-state index is -0.463. The van der Waals surface area contributed by atoms with Crippen LogP contribution in [0.3, 0.4) is 0 Å². The lowest BCUT2D eigenvalue weighted by Crippen LogP contribution is -2.29. The van der Waals surface area contributed by atoms with Crippen LogP contribution >= 0.6 is 11.6 Å². The van der Waals surface area contributed by atoms with E-state index in [1.165, 1.54) is 0 Å². The highest BCUT2D eigenvalue weighted by molar-refractivity contribution is 6.30. The number of benzene rings is 1. The van der Waals surface area contributed by atoms with E-state index in [1.54, 1.807) is 20.1 Å². The molecule has 28 heavy (non-hydrogen) atoms. The number of hydrogen-bond acceptors (Lipinski definition) is 7. The maximum Gasteiger partial charge on any atom is 0.336 e. The summed E-state index contributed by atoms with van der Waals surface area (Å²) in [6.07, 6.45) is 0. The Morgan fingerprint density at radius 2 is 2.04 bits per heavy atom. The van der Waals surface area contributed by atoms with Crippen LogP contribution in [0.5, 0.6) is 0 Å². The van der Waals surface area contributed by atoms with E-state index in [0.29, 0.717) is 40.2 Å². The zero-order valence-corrected chi connectivity index (χ0v) is 17.0. The SMILES string of the molecule is COCCOC(=O)C1=C(C)NC(C)=C(c2nc(C)no2)C1c1cccc(Cl)c1. The van der Waals surface area contributed by atoms with Gasteiger partial charge in [-0.25, -0.2) is 4.79 Å². The maximum absolute atomic E-state index is 12.9. The highest BCUT2D eigenvalue weighted by atomic mass is 35.5. The van der Waals surface area contributed by atoms with E-state index in [-0.39, 0.29) is 6.61 Å². The molecule has 0 radical (unpaired) electrons. The highest BCUT2D eigenvalue weighted by Crippen LogP contribution is 2.43. The van der Waals surface area contributed by atoms with Gasteiger partial charge in [-0.15, -0.1) is 0 Å². The number of dihydropyridines is 1. The fraction of sp³-hybridized carbons (Fsp3) is 0.350. The number of esters is 1. The smallest absolute Gasteiger partial charge is 0.336 e. The first-order valence-corrected chi connectivity index (χ1v) is 9.21. The zero-order chi connectivity index (χ0) is 20.3. The lowest BCUT2D eigenvalue weighted by Gasteiger charge is -2.30. The molecule has 0 saturated carbocycles. The number of hydrogen-bond donors (Lipinski definition) is 1. The Hall–Kier alpha value is -2.64. The molecule has 1 aromatic carbocycles. The van der Waals surface area contributed by atoms with Crippen molar-refractivity contribution >= 4 is 23.1 Å². The number of carbonyl (C=O) groups excluding carboxylic acids is 1. The van der Waals surface area contributed by atoms with Gasteiger partial charge in [-0.3, -0.25) is 0 Å². The molecule has 1 unspecified atom stereocenters. The normalized spacial score (nSPS) is 17.0. The number of methoxy groups -OCH3 is 1. The van der Waals surface area contributed by atoms with Crippen molar-refractivity contribution in [2.45, 2.75) is 26.7 Å². The molecule has 1 aliphatic heterocycles. The molecule has 0 saturated heterocycles. The number of allylic oxidation sites excluding steroid dienone is 3. The van der Waals surface area contributed by atoms with Gasteiger partial charge < -0.3 is 19.3 Å². The number of rotatable bonds is 6. The summed E-state index contributed by atoms with van der Waals surface area (Å²) in [5.74, 6) is -0.0408. The van der Waals surface area contributed by atoms with E-state index in [2.05, 4.69) is 15.5 Å². The summed E-state index contributed by atoms with van der Waals surface area (Å²) in [6, 6.07) is 7.36. The highest BCUT2D eigenvalue weighted by Gasteiger charge is 2.37. The van der Waals surface area contributed by atoms with Gasteiger partial charge in [0.05, 0.1) is 18.1 Å². The van der Waals surface area contributed by atoms with E-state index < -0.39 is 11.9 Å². The molecule has 2 aromatic rings. The fourth-order valence-electron chi connectivity index (χ4n) is 3.27. The summed E-state index contributed by atoms with van der Waals surface area (Å²) in [5.41, 5.74) is 3.53. The molecule has 3 rings (SSSR count). The Bertz CT molecular complexity index is 948. The predicted molar refractivity (Wildman–Crippen MR) is 104 cm³/mol. The van der Waals surface area contributed by atoms with Crippen molar-refractivity contribution in [3.63, 3.8) is 0 Å². The van der Waals surface area contributed by atoms with E-state index in [1.807, 2.05) is 32.0 Å². The third-order valence-corrected chi connectivity index (χ3v) is 4.68. The quantitative estimate of drug-likeness (QED) is 0.582. The first-order chi connectivity index (χ1) is 13.4. The van der Waals surface area contributed by atoms with Crippen molar-refractivity contribution in [2.24, 2.45) is 0 Å². The van der Waals surface area contributed by atoms with E-state index >= 15 is 0 Å². The van der Waals surface area contributed by atoms with Crippen LogP contribution in [-0.2, 0) is 14.3 Å². The third kappa shape index (κ3) is 4.10. The van der Waals surface area contributed by atoms with Crippen LogP contribution in [0.1, 0.15) is 37.0 Å². The monoisotopic (exact) mass is 403 g/mol. The number of aromatic nitrogens is 2. The number of carbonyl (C=O) groups is 1. The zero-order valence-electron chi connectivity index (χ0n) is 16.2. The minimum Gasteiger partial charge on any atom is -0.460 e. The third-order valence-electron chi connectivity index (χ3n) is 4.44. The summed E-state index contributed by atoms with van der Waals surface area (Å²) in [7, 11) is 1.55. The molecule has 0 amide bonds. The Balaban J connectivity index is 2.11. The summed E-state index contributed by atoms with van der Waals surface area (Å²) in [4.78, 5) is 17.3. The number of halogens is 1. The van der Waals surface area contributed by atoms with Crippen molar-refractivity contribution in [3.05, 3.63) is 63.5 Å². The second-order valence-corrected chi connectivity index (χ2v) is 6.90. The Kier molecular flexibility index (Phi) is 6.16. The van der Waals surface area contributed by atoms with Gasteiger partial charge in [-0.1, -0.05) is 28.9 Å². The van der Waals surface area contributed by atoms with Crippen molar-refractivity contribution in [1.82, 2.24) is 15.5 Å². The summed E-state index contributed by atoms with van der Waals surface area (Å²) in [5, 5.41) is 7.71. The second kappa shape index (κ2) is 8.58. The van der Waals surface area contributed by atoms with E-state index in [9.17, 15) is 4.79 Å². The average Bonchev–Trinajstić information content (AvgIpc) is 3.07. The molecule has 7 nitrogen and oxygen atoms in total. The van der Waals surface area contributed by atoms with E-state index in [0.717, 1.165) is 11.3 Å². The fourth-order valence-corrected chi connectivity index (χ4v) is 3.47. The molecule has 1 atom stereocenters. The molecule has 0 bridgehead atoms. The van der Waals surface area contributed by atoms with Crippen molar-refractivity contribution in [3.8, 4) is 0 Å². The molecule has 1 aliphatic rings. The van der Waals surface area contributed by atoms with Gasteiger partial charge in [0, 0.05) is 29.1 Å². The Morgan fingerprint density at radius 3 is 2.68 bits per heavy atom. The summed E-state index contributed by atoms with van der Waals surface area (Å²) in [6.45, 7) is 5.96. The topological polar surface area (TPSA) is 86.5 Å². The molecule has 1 N–H and O–H groups in total. The van der Waals surface area contributed by atoms with Crippen molar-refractivity contribution in [2.75, 3.05) is 20.3 Å². The van der Waals surface area contributed by atoms with Crippen LogP contribution in [0.4, 0.5) is 0 Å². The van der Waals surface area contributed by atoms with Gasteiger partial charge in [0.1, 0.15) is 6.61 Å². The van der Waals surface area contributed by atoms with Gasteiger partial charge >= 0.3 is 5.97 Å². The van der Waals surface area contributed by atoms with Gasteiger partial charge in [-0.05, 0) is 38.5 Å². The summed E-state index contributed by atoms with van der Waals surface area (Å²) >= 11 is 6.23. The van der Waals surface area contributed by atoms with Crippen molar-refractivity contribution < 1.29 is 18.8 Å². The molecule has 0 spiro atoms. The number of aryl methyl sites for hydroxylation is 1. The molecule has 0 fully saturated rings. The first kappa shape index (κ1) is 20.1. The van der Waals surface area contributed by atoms with Crippen LogP contribution < -0.4 is 5.32 Å². The van der Waals surface area contributed by atoms with Gasteiger partial charge in [0.25, 0.3) is 5.89 Å². The standard InChI is InChI=1S/C20H22ClN3O4/c1-11-16(19-23-13(3)24-28-19)18(14-6-5-7-15(21)10-14)17(12(2)22-11)20(25)27-9-8-26-4/h5-7,10,18,22H,8-9H2,1-4H3. The molecule has 0 aliphatic carbocycles. The lowest BCUT2D eigenvalue weighted by atomic mass is 9.80. The second-order valence-electron chi connectivity index (χ2n) is 6.47. The van der Waals surface area contributed by atoms with Crippen LogP contribution in [0.2, 0.25) is 5.02 Å². The van der Waals surface area contributed by atoms with Crippen molar-refractivity contribution in [1.29, 1.82) is 0 Å². The lowest BCUT2D eigenvalue weighted by molar-refractivity contribution is -0.140. The molecular weight excluding hydrogens is 382 g/mol. The van der Waals surface area contributed by atoms with Gasteiger partial charge in [0.2, 0.25) is 0 Å². The first-order valence-electron chi connectivity index (χ1n) is 8.83. The molecule has 148 valence electrons. The maximum atomic E-state index is 12.9. The Labute approximate surface area is 168 Å². The number of nitrogens with zero attached hydrogens (tertiary/aromatic N) is 2. The van der Waals surface area contributed by atoms with Crippen LogP contribution in [-0.4, -0.2) is 36.4 Å². The van der Waals surface area contributed by atoms with E-state index in [4.69, 9.17) is 25.6 Å². The summed E-state index contributed by atoms with van der Waals surface area (Å²) < 4.78 is 15.8. The van der Waals surface area contributed by atoms with Crippen LogP contribution in [0, 0.1) is 6.92 Å². The largest absolute Gasteiger partial charge is 0.460 e. The molecule has 1 aromatic heterocycles. The molecule has 2 heterocycles. The molecular formula is C20H22ClN3O4. The predicted octanol–water partition coefficient (Wildman–Crippen LogP) is 3.61. The average molecular weight is 404 g/mol. The van der Waals surface area contributed by atoms with Crippen LogP contribution in [0.25, 0.3) is 5.57 Å². The van der Waals surface area contributed by atoms with Gasteiger partial charge in [-0.2, -0.15) is 4.98 Å². The molecule has 8 heteroatoms. The number of nitrogens with one attached hydrogen (secondary N) is 1.